The maximum atomic E-state index is 4.75. The number of hydrogen-bond donors (Lipinski definition) is 1. The number of hydrogen-bond acceptors (Lipinski definition) is 3. The lowest BCUT2D eigenvalue weighted by Gasteiger charge is -2.25. The third kappa shape index (κ3) is 3.62. The molecule has 3 nitrogen and oxygen atoms in total. The Balaban J connectivity index is 2.14. The molecule has 1 heterocycles. The summed E-state index contributed by atoms with van der Waals surface area (Å²) in [5, 5.41) is 3.44. The molecule has 2 rings (SSSR count). The first-order valence-corrected chi connectivity index (χ1v) is 7.01. The monoisotopic (exact) mass is 247 g/mol. The second kappa shape index (κ2) is 5.17. The van der Waals surface area contributed by atoms with Crippen LogP contribution in [0.25, 0.3) is 0 Å². The van der Waals surface area contributed by atoms with E-state index in [0.29, 0.717) is 0 Å². The molecule has 0 saturated heterocycles. The van der Waals surface area contributed by atoms with Crippen LogP contribution in [0.1, 0.15) is 47.0 Å². The highest BCUT2D eigenvalue weighted by Crippen LogP contribution is 2.31. The van der Waals surface area contributed by atoms with Gasteiger partial charge in [0.1, 0.15) is 11.6 Å². The Labute approximate surface area is 111 Å². The molecule has 0 atom stereocenters. The van der Waals surface area contributed by atoms with Gasteiger partial charge in [-0.2, -0.15) is 0 Å². The second-order valence-corrected chi connectivity index (χ2v) is 6.18. The van der Waals surface area contributed by atoms with Gasteiger partial charge in [-0.05, 0) is 52.2 Å². The molecule has 1 aliphatic carbocycles. The van der Waals surface area contributed by atoms with Gasteiger partial charge in [-0.3, -0.25) is 0 Å². The molecule has 18 heavy (non-hydrogen) atoms. The van der Waals surface area contributed by atoms with E-state index in [1.54, 1.807) is 0 Å². The standard InChI is InChI=1S/C15H25N3/c1-5-11-18(12-9-10-12)14-8-6-7-13(16-14)17-15(2,3)4/h6-8,12H,5,9-11H2,1-4H3,(H,16,17). The van der Waals surface area contributed by atoms with Crippen molar-refractivity contribution in [1.82, 2.24) is 4.98 Å². The summed E-state index contributed by atoms with van der Waals surface area (Å²) < 4.78 is 0. The van der Waals surface area contributed by atoms with E-state index >= 15 is 0 Å². The van der Waals surface area contributed by atoms with Gasteiger partial charge < -0.3 is 10.2 Å². The quantitative estimate of drug-likeness (QED) is 0.860. The van der Waals surface area contributed by atoms with Crippen LogP contribution in [0.15, 0.2) is 18.2 Å². The highest BCUT2D eigenvalue weighted by atomic mass is 15.2. The largest absolute Gasteiger partial charge is 0.365 e. The highest BCUT2D eigenvalue weighted by Gasteiger charge is 2.29. The molecule has 1 aliphatic rings. The van der Waals surface area contributed by atoms with Gasteiger partial charge in [-0.1, -0.05) is 13.0 Å². The van der Waals surface area contributed by atoms with Gasteiger partial charge in [0, 0.05) is 18.1 Å². The molecule has 0 unspecified atom stereocenters. The van der Waals surface area contributed by atoms with E-state index in [1.165, 1.54) is 19.3 Å². The van der Waals surface area contributed by atoms with E-state index in [0.717, 1.165) is 24.2 Å². The van der Waals surface area contributed by atoms with Crippen molar-refractivity contribution in [2.24, 2.45) is 0 Å². The minimum Gasteiger partial charge on any atom is -0.365 e. The summed E-state index contributed by atoms with van der Waals surface area (Å²) in [7, 11) is 0. The summed E-state index contributed by atoms with van der Waals surface area (Å²) in [5.41, 5.74) is 0.0563. The Morgan fingerprint density at radius 2 is 2.06 bits per heavy atom. The first-order chi connectivity index (χ1) is 8.49. The molecular weight excluding hydrogens is 222 g/mol. The van der Waals surface area contributed by atoms with Gasteiger partial charge in [-0.25, -0.2) is 4.98 Å². The average Bonchev–Trinajstić information content (AvgIpc) is 3.07. The predicted molar refractivity (Wildman–Crippen MR) is 78.3 cm³/mol. The summed E-state index contributed by atoms with van der Waals surface area (Å²) in [4.78, 5) is 7.21. The molecule has 3 heteroatoms. The van der Waals surface area contributed by atoms with Crippen molar-refractivity contribution >= 4 is 11.6 Å². The molecule has 0 aliphatic heterocycles. The number of nitrogens with one attached hydrogen (secondary N) is 1. The van der Waals surface area contributed by atoms with Crippen LogP contribution in [0.5, 0.6) is 0 Å². The molecular formula is C15H25N3. The molecule has 0 amide bonds. The number of anilines is 2. The van der Waals surface area contributed by atoms with Gasteiger partial charge in [-0.15, -0.1) is 0 Å². The normalized spacial score (nSPS) is 15.6. The molecule has 1 aromatic rings. The average molecular weight is 247 g/mol. The first-order valence-electron chi connectivity index (χ1n) is 7.01. The lowest BCUT2D eigenvalue weighted by molar-refractivity contribution is 0.630. The number of pyridine rings is 1. The van der Waals surface area contributed by atoms with Crippen LogP contribution in [0.2, 0.25) is 0 Å². The fraction of sp³-hybridized carbons (Fsp3) is 0.667. The molecule has 0 aromatic carbocycles. The van der Waals surface area contributed by atoms with Crippen LogP contribution in [-0.4, -0.2) is 23.1 Å². The van der Waals surface area contributed by atoms with Gasteiger partial charge in [0.15, 0.2) is 0 Å². The van der Waals surface area contributed by atoms with E-state index in [4.69, 9.17) is 4.98 Å². The van der Waals surface area contributed by atoms with E-state index in [9.17, 15) is 0 Å². The van der Waals surface area contributed by atoms with Crippen molar-refractivity contribution < 1.29 is 0 Å². The molecule has 0 radical (unpaired) electrons. The SMILES string of the molecule is CCCN(c1cccc(NC(C)(C)C)n1)C1CC1. The Morgan fingerprint density at radius 1 is 1.33 bits per heavy atom. The smallest absolute Gasteiger partial charge is 0.131 e. The third-order valence-electron chi connectivity index (χ3n) is 2.98. The van der Waals surface area contributed by atoms with E-state index in [2.05, 4.69) is 50.0 Å². The molecule has 1 saturated carbocycles. The van der Waals surface area contributed by atoms with Crippen molar-refractivity contribution in [1.29, 1.82) is 0 Å². The zero-order chi connectivity index (χ0) is 13.2. The van der Waals surface area contributed by atoms with E-state index in [1.807, 2.05) is 6.07 Å². The minimum atomic E-state index is 0.0563. The molecule has 100 valence electrons. The maximum absolute atomic E-state index is 4.75. The summed E-state index contributed by atoms with van der Waals surface area (Å²) in [5.74, 6) is 2.09. The summed E-state index contributed by atoms with van der Waals surface area (Å²) in [6.07, 6.45) is 3.81. The first kappa shape index (κ1) is 13.2. The summed E-state index contributed by atoms with van der Waals surface area (Å²) >= 11 is 0. The van der Waals surface area contributed by atoms with Gasteiger partial charge in [0.05, 0.1) is 0 Å². The second-order valence-electron chi connectivity index (χ2n) is 6.18. The zero-order valence-corrected chi connectivity index (χ0v) is 12.0. The van der Waals surface area contributed by atoms with Crippen molar-refractivity contribution in [3.8, 4) is 0 Å². The fourth-order valence-electron chi connectivity index (χ4n) is 2.15. The van der Waals surface area contributed by atoms with Crippen LogP contribution in [0.3, 0.4) is 0 Å². The van der Waals surface area contributed by atoms with Crippen LogP contribution >= 0.6 is 0 Å². The van der Waals surface area contributed by atoms with Crippen LogP contribution in [0, 0.1) is 0 Å². The number of rotatable bonds is 5. The molecule has 0 spiro atoms. The van der Waals surface area contributed by atoms with Crippen molar-refractivity contribution in [3.05, 3.63) is 18.2 Å². The summed E-state index contributed by atoms with van der Waals surface area (Å²) in [6, 6.07) is 7.00. The molecule has 1 fully saturated rings. The zero-order valence-electron chi connectivity index (χ0n) is 12.0. The number of aromatic nitrogens is 1. The van der Waals surface area contributed by atoms with Gasteiger partial charge in [0.2, 0.25) is 0 Å². The van der Waals surface area contributed by atoms with Crippen LogP contribution in [0.4, 0.5) is 11.6 Å². The Bertz CT molecular complexity index is 391. The fourth-order valence-corrected chi connectivity index (χ4v) is 2.15. The van der Waals surface area contributed by atoms with E-state index in [-0.39, 0.29) is 5.54 Å². The van der Waals surface area contributed by atoms with Crippen molar-refractivity contribution in [3.63, 3.8) is 0 Å². The molecule has 1 aromatic heterocycles. The maximum Gasteiger partial charge on any atom is 0.131 e. The van der Waals surface area contributed by atoms with E-state index < -0.39 is 0 Å². The van der Waals surface area contributed by atoms with Crippen LogP contribution in [-0.2, 0) is 0 Å². The minimum absolute atomic E-state index is 0.0563. The van der Waals surface area contributed by atoms with Crippen molar-refractivity contribution in [2.75, 3.05) is 16.8 Å². The third-order valence-corrected chi connectivity index (χ3v) is 2.98. The Kier molecular flexibility index (Phi) is 3.79. The Hall–Kier alpha value is -1.25. The lowest BCUT2D eigenvalue weighted by atomic mass is 10.1. The van der Waals surface area contributed by atoms with Crippen molar-refractivity contribution in [2.45, 2.75) is 58.5 Å². The van der Waals surface area contributed by atoms with Gasteiger partial charge >= 0.3 is 0 Å². The lowest BCUT2D eigenvalue weighted by Crippen LogP contribution is -2.29. The predicted octanol–water partition coefficient (Wildman–Crippen LogP) is 3.67. The highest BCUT2D eigenvalue weighted by molar-refractivity contribution is 5.49. The topological polar surface area (TPSA) is 28.2 Å². The Morgan fingerprint density at radius 3 is 2.61 bits per heavy atom. The summed E-state index contributed by atoms with van der Waals surface area (Å²) in [6.45, 7) is 9.81. The van der Waals surface area contributed by atoms with Gasteiger partial charge in [0.25, 0.3) is 0 Å². The molecule has 1 N–H and O–H groups in total. The number of nitrogens with zero attached hydrogens (tertiary/aromatic N) is 2. The molecule has 0 bridgehead atoms. The van der Waals surface area contributed by atoms with Crippen LogP contribution < -0.4 is 10.2 Å².